The summed E-state index contributed by atoms with van der Waals surface area (Å²) >= 11 is 0. The molecule has 1 aliphatic rings. The van der Waals surface area contributed by atoms with E-state index < -0.39 is 0 Å². The van der Waals surface area contributed by atoms with Crippen molar-refractivity contribution in [2.75, 3.05) is 13.1 Å². The standard InChI is InChI=1S/C7H10N4O/c1-5(12)7-4-11(10-9-7)6-2-8-3-6/h4,6,8H,2-3H2,1H3. The molecule has 2 heterocycles. The number of carbonyl (C=O) groups is 1. The van der Waals surface area contributed by atoms with Gasteiger partial charge in [-0.1, -0.05) is 5.21 Å². The molecule has 1 saturated heterocycles. The number of nitrogens with one attached hydrogen (secondary N) is 1. The van der Waals surface area contributed by atoms with E-state index in [1.54, 1.807) is 10.9 Å². The third-order valence-electron chi connectivity index (χ3n) is 2.01. The maximum absolute atomic E-state index is 10.9. The van der Waals surface area contributed by atoms with E-state index in [9.17, 15) is 4.79 Å². The minimum absolute atomic E-state index is 0.0338. The fourth-order valence-electron chi connectivity index (χ4n) is 1.08. The van der Waals surface area contributed by atoms with Gasteiger partial charge in [-0.25, -0.2) is 4.68 Å². The van der Waals surface area contributed by atoms with E-state index in [0.29, 0.717) is 11.7 Å². The van der Waals surface area contributed by atoms with Gasteiger partial charge in [-0.05, 0) is 0 Å². The molecule has 1 aromatic heterocycles. The first-order valence-corrected chi connectivity index (χ1v) is 3.91. The Morgan fingerprint density at radius 3 is 2.92 bits per heavy atom. The van der Waals surface area contributed by atoms with Crippen LogP contribution in [-0.2, 0) is 0 Å². The Morgan fingerprint density at radius 2 is 2.50 bits per heavy atom. The van der Waals surface area contributed by atoms with Crippen LogP contribution in [0.15, 0.2) is 6.20 Å². The Kier molecular flexibility index (Phi) is 1.65. The lowest BCUT2D eigenvalue weighted by molar-refractivity contribution is 0.101. The SMILES string of the molecule is CC(=O)c1cn(C2CNC2)nn1. The molecule has 0 aliphatic carbocycles. The van der Waals surface area contributed by atoms with Gasteiger partial charge in [-0.15, -0.1) is 5.10 Å². The first-order valence-electron chi connectivity index (χ1n) is 3.91. The van der Waals surface area contributed by atoms with Gasteiger partial charge in [0, 0.05) is 20.0 Å². The molecule has 64 valence electrons. The fourth-order valence-corrected chi connectivity index (χ4v) is 1.08. The lowest BCUT2D eigenvalue weighted by Crippen LogP contribution is -2.43. The van der Waals surface area contributed by atoms with Crippen LogP contribution in [0.2, 0.25) is 0 Å². The molecule has 0 saturated carbocycles. The van der Waals surface area contributed by atoms with Gasteiger partial charge in [0.05, 0.1) is 12.2 Å². The number of carbonyl (C=O) groups excluding carboxylic acids is 1. The number of rotatable bonds is 2. The average Bonchev–Trinajstić information content (AvgIpc) is 2.32. The number of hydrogen-bond donors (Lipinski definition) is 1. The molecule has 1 aromatic rings. The fraction of sp³-hybridized carbons (Fsp3) is 0.571. The molecule has 5 nitrogen and oxygen atoms in total. The van der Waals surface area contributed by atoms with Gasteiger partial charge < -0.3 is 5.32 Å². The predicted molar refractivity (Wildman–Crippen MR) is 41.9 cm³/mol. The molecular weight excluding hydrogens is 156 g/mol. The summed E-state index contributed by atoms with van der Waals surface area (Å²) in [7, 11) is 0. The van der Waals surface area contributed by atoms with Gasteiger partial charge in [0.15, 0.2) is 5.78 Å². The van der Waals surface area contributed by atoms with Crippen molar-refractivity contribution < 1.29 is 4.79 Å². The Hall–Kier alpha value is -1.23. The second-order valence-corrected chi connectivity index (χ2v) is 2.95. The minimum atomic E-state index is -0.0338. The molecule has 12 heavy (non-hydrogen) atoms. The smallest absolute Gasteiger partial charge is 0.181 e. The van der Waals surface area contributed by atoms with E-state index in [-0.39, 0.29) is 5.78 Å². The Bertz CT molecular complexity index is 302. The third-order valence-corrected chi connectivity index (χ3v) is 2.01. The highest BCUT2D eigenvalue weighted by Gasteiger charge is 2.20. The van der Waals surface area contributed by atoms with Crippen molar-refractivity contribution in [1.29, 1.82) is 0 Å². The number of nitrogens with zero attached hydrogens (tertiary/aromatic N) is 3. The van der Waals surface area contributed by atoms with Gasteiger partial charge in [-0.2, -0.15) is 0 Å². The average molecular weight is 166 g/mol. The van der Waals surface area contributed by atoms with E-state index in [1.165, 1.54) is 6.92 Å². The molecule has 1 N–H and O–H groups in total. The molecule has 0 spiro atoms. The normalized spacial score (nSPS) is 17.4. The second-order valence-electron chi connectivity index (χ2n) is 2.95. The van der Waals surface area contributed by atoms with Crippen molar-refractivity contribution in [2.24, 2.45) is 0 Å². The Morgan fingerprint density at radius 1 is 1.75 bits per heavy atom. The zero-order valence-electron chi connectivity index (χ0n) is 6.82. The summed E-state index contributed by atoms with van der Waals surface area (Å²) < 4.78 is 1.74. The van der Waals surface area contributed by atoms with Gasteiger partial charge in [0.1, 0.15) is 5.69 Å². The van der Waals surface area contributed by atoms with Crippen molar-refractivity contribution in [2.45, 2.75) is 13.0 Å². The summed E-state index contributed by atoms with van der Waals surface area (Å²) in [5, 5.41) is 10.7. The lowest BCUT2D eigenvalue weighted by atomic mass is 10.2. The third kappa shape index (κ3) is 1.12. The minimum Gasteiger partial charge on any atom is -0.312 e. The van der Waals surface area contributed by atoms with Crippen LogP contribution in [0.3, 0.4) is 0 Å². The Labute approximate surface area is 69.8 Å². The summed E-state index contributed by atoms with van der Waals surface area (Å²) in [6.45, 7) is 3.33. The zero-order chi connectivity index (χ0) is 8.55. The van der Waals surface area contributed by atoms with E-state index in [4.69, 9.17) is 0 Å². The maximum atomic E-state index is 10.9. The summed E-state index contributed by atoms with van der Waals surface area (Å²) in [6.07, 6.45) is 1.70. The first-order chi connectivity index (χ1) is 5.77. The molecule has 0 amide bonds. The molecular formula is C7H10N4O. The van der Waals surface area contributed by atoms with Crippen molar-refractivity contribution in [3.63, 3.8) is 0 Å². The number of hydrogen-bond acceptors (Lipinski definition) is 4. The van der Waals surface area contributed by atoms with Crippen LogP contribution in [0.5, 0.6) is 0 Å². The summed E-state index contributed by atoms with van der Waals surface area (Å²) in [4.78, 5) is 10.9. The molecule has 5 heteroatoms. The van der Waals surface area contributed by atoms with Crippen LogP contribution in [0.1, 0.15) is 23.5 Å². The first kappa shape index (κ1) is 7.42. The molecule has 0 aromatic carbocycles. The van der Waals surface area contributed by atoms with Crippen LogP contribution in [-0.4, -0.2) is 33.9 Å². The van der Waals surface area contributed by atoms with Crippen molar-refractivity contribution in [1.82, 2.24) is 20.3 Å². The zero-order valence-corrected chi connectivity index (χ0v) is 6.82. The molecule has 0 atom stereocenters. The molecule has 1 fully saturated rings. The topological polar surface area (TPSA) is 59.8 Å². The van der Waals surface area contributed by atoms with Gasteiger partial charge in [-0.3, -0.25) is 4.79 Å². The molecule has 1 aliphatic heterocycles. The molecule has 0 unspecified atom stereocenters. The van der Waals surface area contributed by atoms with Crippen molar-refractivity contribution in [3.05, 3.63) is 11.9 Å². The van der Waals surface area contributed by atoms with E-state index in [0.717, 1.165) is 13.1 Å². The quantitative estimate of drug-likeness (QED) is 0.609. The van der Waals surface area contributed by atoms with E-state index in [2.05, 4.69) is 15.6 Å². The van der Waals surface area contributed by atoms with E-state index in [1.807, 2.05) is 0 Å². The summed E-state index contributed by atoms with van der Waals surface area (Å²) in [5.41, 5.74) is 0.446. The highest BCUT2D eigenvalue weighted by molar-refractivity contribution is 5.91. The van der Waals surface area contributed by atoms with Gasteiger partial charge in [0.2, 0.25) is 0 Å². The van der Waals surface area contributed by atoms with Crippen LogP contribution >= 0.6 is 0 Å². The maximum Gasteiger partial charge on any atom is 0.181 e. The van der Waals surface area contributed by atoms with Crippen molar-refractivity contribution >= 4 is 5.78 Å². The van der Waals surface area contributed by atoms with Crippen LogP contribution in [0, 0.1) is 0 Å². The number of ketones is 1. The highest BCUT2D eigenvalue weighted by atomic mass is 16.1. The molecule has 2 rings (SSSR count). The van der Waals surface area contributed by atoms with Crippen LogP contribution < -0.4 is 5.32 Å². The molecule has 0 radical (unpaired) electrons. The van der Waals surface area contributed by atoms with E-state index >= 15 is 0 Å². The monoisotopic (exact) mass is 166 g/mol. The largest absolute Gasteiger partial charge is 0.312 e. The lowest BCUT2D eigenvalue weighted by Gasteiger charge is -2.26. The van der Waals surface area contributed by atoms with Gasteiger partial charge >= 0.3 is 0 Å². The van der Waals surface area contributed by atoms with Crippen molar-refractivity contribution in [3.8, 4) is 0 Å². The predicted octanol–water partition coefficient (Wildman–Crippen LogP) is -0.375. The van der Waals surface area contributed by atoms with Crippen LogP contribution in [0.4, 0.5) is 0 Å². The summed E-state index contributed by atoms with van der Waals surface area (Å²) in [5.74, 6) is -0.0338. The Balaban J connectivity index is 2.17. The second kappa shape index (κ2) is 2.67. The number of Topliss-reactive ketones (excluding diaryl/α,β-unsaturated/α-hetero) is 1. The van der Waals surface area contributed by atoms with Gasteiger partial charge in [0.25, 0.3) is 0 Å². The highest BCUT2D eigenvalue weighted by Crippen LogP contribution is 2.09. The number of aromatic nitrogens is 3. The van der Waals surface area contributed by atoms with Crippen LogP contribution in [0.25, 0.3) is 0 Å². The molecule has 0 bridgehead atoms. The summed E-state index contributed by atoms with van der Waals surface area (Å²) in [6, 6.07) is 0.380.